The van der Waals surface area contributed by atoms with Gasteiger partial charge in [-0.05, 0) is 31.3 Å². The molecule has 0 aromatic heterocycles. The molecular weight excluding hydrogens is 146 g/mol. The van der Waals surface area contributed by atoms with Crippen LogP contribution in [0.5, 0.6) is 0 Å². The molecule has 0 aliphatic carbocycles. The summed E-state index contributed by atoms with van der Waals surface area (Å²) in [5, 5.41) is 3.30. The van der Waals surface area contributed by atoms with Crippen molar-refractivity contribution >= 4 is 0 Å². The van der Waals surface area contributed by atoms with Gasteiger partial charge in [0.2, 0.25) is 0 Å². The Hall–Kier alpha value is -0.0400. The van der Waals surface area contributed by atoms with E-state index in [1.54, 1.807) is 0 Å². The average molecular weight is 171 g/mol. The third kappa shape index (κ3) is 3.57. The zero-order valence-electron chi connectivity index (χ0n) is 9.35. The van der Waals surface area contributed by atoms with Gasteiger partial charge >= 0.3 is 0 Å². The van der Waals surface area contributed by atoms with E-state index in [9.17, 15) is 0 Å². The molecule has 0 aromatic rings. The van der Waals surface area contributed by atoms with Gasteiger partial charge < -0.3 is 5.32 Å². The lowest BCUT2D eigenvalue weighted by Gasteiger charge is -2.28. The number of rotatable bonds is 6. The third-order valence-electron chi connectivity index (χ3n) is 3.19. The first-order chi connectivity index (χ1) is 5.67. The molecule has 2 atom stereocenters. The van der Waals surface area contributed by atoms with E-state index in [1.165, 1.54) is 19.4 Å². The second-order valence-corrected chi connectivity index (χ2v) is 3.99. The summed E-state index contributed by atoms with van der Waals surface area (Å²) in [5.74, 6) is 2.56. The molecule has 0 aliphatic rings. The largest absolute Gasteiger partial charge is 0.319 e. The Labute approximate surface area is 77.9 Å². The Morgan fingerprint density at radius 2 is 1.42 bits per heavy atom. The Bertz CT molecular complexity index is 91.2. The fourth-order valence-electron chi connectivity index (χ4n) is 1.80. The molecule has 0 saturated heterocycles. The summed E-state index contributed by atoms with van der Waals surface area (Å²) in [6.45, 7) is 10.5. The van der Waals surface area contributed by atoms with Crippen molar-refractivity contribution in [2.75, 3.05) is 13.6 Å². The fraction of sp³-hybridized carbons (Fsp3) is 1.00. The fourth-order valence-corrected chi connectivity index (χ4v) is 1.80. The van der Waals surface area contributed by atoms with Crippen LogP contribution in [0.15, 0.2) is 0 Å². The van der Waals surface area contributed by atoms with Crippen LogP contribution in [0.1, 0.15) is 40.5 Å². The van der Waals surface area contributed by atoms with Gasteiger partial charge in [0, 0.05) is 0 Å². The molecule has 0 amide bonds. The topological polar surface area (TPSA) is 12.0 Å². The summed E-state index contributed by atoms with van der Waals surface area (Å²) in [7, 11) is 2.05. The first kappa shape index (κ1) is 12.0. The van der Waals surface area contributed by atoms with E-state index in [0.29, 0.717) is 0 Å². The Morgan fingerprint density at radius 3 is 1.67 bits per heavy atom. The van der Waals surface area contributed by atoms with Crippen LogP contribution in [0.3, 0.4) is 0 Å². The van der Waals surface area contributed by atoms with Crippen molar-refractivity contribution in [3.8, 4) is 0 Å². The molecule has 74 valence electrons. The van der Waals surface area contributed by atoms with Gasteiger partial charge in [0.1, 0.15) is 0 Å². The number of hydrogen-bond acceptors (Lipinski definition) is 1. The Kier molecular flexibility index (Phi) is 6.45. The molecule has 0 radical (unpaired) electrons. The molecule has 0 heterocycles. The van der Waals surface area contributed by atoms with Crippen LogP contribution >= 0.6 is 0 Å². The summed E-state index contributed by atoms with van der Waals surface area (Å²) in [6, 6.07) is 0. The van der Waals surface area contributed by atoms with Crippen molar-refractivity contribution in [1.82, 2.24) is 5.32 Å². The van der Waals surface area contributed by atoms with Crippen LogP contribution in [-0.4, -0.2) is 13.6 Å². The van der Waals surface area contributed by atoms with E-state index in [0.717, 1.165) is 17.8 Å². The molecule has 1 N–H and O–H groups in total. The van der Waals surface area contributed by atoms with Gasteiger partial charge in [-0.1, -0.05) is 40.5 Å². The van der Waals surface area contributed by atoms with Gasteiger partial charge in [0.25, 0.3) is 0 Å². The first-order valence-corrected chi connectivity index (χ1v) is 5.31. The standard InChI is InChI=1S/C11H25N/c1-6-9(3)11(8-12-5)10(4)7-2/h9-12H,6-8H2,1-5H3. The molecule has 12 heavy (non-hydrogen) atoms. The highest BCUT2D eigenvalue weighted by Crippen LogP contribution is 2.24. The van der Waals surface area contributed by atoms with Crippen molar-refractivity contribution in [2.45, 2.75) is 40.5 Å². The zero-order chi connectivity index (χ0) is 9.56. The maximum Gasteiger partial charge on any atom is -0.00184 e. The van der Waals surface area contributed by atoms with Crippen LogP contribution < -0.4 is 5.32 Å². The Morgan fingerprint density at radius 1 is 1.00 bits per heavy atom. The van der Waals surface area contributed by atoms with E-state index in [1.807, 2.05) is 0 Å². The predicted octanol–water partition coefficient (Wildman–Crippen LogP) is 2.91. The first-order valence-electron chi connectivity index (χ1n) is 5.31. The molecule has 0 aromatic carbocycles. The van der Waals surface area contributed by atoms with Crippen LogP contribution in [0.4, 0.5) is 0 Å². The molecule has 0 spiro atoms. The van der Waals surface area contributed by atoms with E-state index < -0.39 is 0 Å². The second kappa shape index (κ2) is 6.47. The molecule has 0 saturated carbocycles. The normalized spacial score (nSPS) is 18.8. The van der Waals surface area contributed by atoms with Crippen LogP contribution in [0.2, 0.25) is 0 Å². The predicted molar refractivity (Wildman–Crippen MR) is 56.3 cm³/mol. The van der Waals surface area contributed by atoms with Crippen molar-refractivity contribution in [3.05, 3.63) is 0 Å². The summed E-state index contributed by atoms with van der Waals surface area (Å²) < 4.78 is 0. The molecule has 1 heteroatoms. The lowest BCUT2D eigenvalue weighted by molar-refractivity contribution is 0.239. The highest BCUT2D eigenvalue weighted by molar-refractivity contribution is 4.72. The van der Waals surface area contributed by atoms with Crippen molar-refractivity contribution in [1.29, 1.82) is 0 Å². The van der Waals surface area contributed by atoms with Gasteiger partial charge in [-0.25, -0.2) is 0 Å². The van der Waals surface area contributed by atoms with E-state index >= 15 is 0 Å². The third-order valence-corrected chi connectivity index (χ3v) is 3.19. The molecule has 2 unspecified atom stereocenters. The minimum absolute atomic E-state index is 0.852. The van der Waals surface area contributed by atoms with Crippen LogP contribution in [0, 0.1) is 17.8 Å². The lowest BCUT2D eigenvalue weighted by atomic mass is 9.81. The maximum atomic E-state index is 3.30. The van der Waals surface area contributed by atoms with Crippen LogP contribution in [-0.2, 0) is 0 Å². The van der Waals surface area contributed by atoms with Gasteiger partial charge in [-0.3, -0.25) is 0 Å². The molecule has 0 rings (SSSR count). The summed E-state index contributed by atoms with van der Waals surface area (Å²) in [5.41, 5.74) is 0. The number of nitrogens with one attached hydrogen (secondary N) is 1. The zero-order valence-corrected chi connectivity index (χ0v) is 9.35. The quantitative estimate of drug-likeness (QED) is 0.648. The summed E-state index contributed by atoms with van der Waals surface area (Å²) >= 11 is 0. The number of hydrogen-bond donors (Lipinski definition) is 1. The van der Waals surface area contributed by atoms with Gasteiger partial charge in [-0.2, -0.15) is 0 Å². The summed E-state index contributed by atoms with van der Waals surface area (Å²) in [6.07, 6.45) is 2.60. The Balaban J connectivity index is 4.01. The van der Waals surface area contributed by atoms with E-state index in [2.05, 4.69) is 40.1 Å². The molecule has 0 bridgehead atoms. The molecule has 0 aliphatic heterocycles. The highest BCUT2D eigenvalue weighted by atomic mass is 14.8. The molecule has 0 fully saturated rings. The van der Waals surface area contributed by atoms with Crippen molar-refractivity contribution in [2.24, 2.45) is 17.8 Å². The smallest absolute Gasteiger partial charge is 0.00184 e. The average Bonchev–Trinajstić information content (AvgIpc) is 2.11. The SMILES string of the molecule is CCC(C)C(CNC)C(C)CC. The van der Waals surface area contributed by atoms with Gasteiger partial charge in [0.05, 0.1) is 0 Å². The second-order valence-electron chi connectivity index (χ2n) is 3.99. The van der Waals surface area contributed by atoms with Crippen molar-refractivity contribution < 1.29 is 0 Å². The lowest BCUT2D eigenvalue weighted by Crippen LogP contribution is -2.29. The van der Waals surface area contributed by atoms with E-state index in [4.69, 9.17) is 0 Å². The monoisotopic (exact) mass is 171 g/mol. The minimum atomic E-state index is 0.852. The van der Waals surface area contributed by atoms with Crippen molar-refractivity contribution in [3.63, 3.8) is 0 Å². The minimum Gasteiger partial charge on any atom is -0.319 e. The van der Waals surface area contributed by atoms with Gasteiger partial charge in [-0.15, -0.1) is 0 Å². The van der Waals surface area contributed by atoms with Crippen LogP contribution in [0.25, 0.3) is 0 Å². The molecule has 1 nitrogen and oxygen atoms in total. The van der Waals surface area contributed by atoms with E-state index in [-0.39, 0.29) is 0 Å². The summed E-state index contributed by atoms with van der Waals surface area (Å²) in [4.78, 5) is 0. The highest BCUT2D eigenvalue weighted by Gasteiger charge is 2.20. The maximum absolute atomic E-state index is 3.30. The molecular formula is C11H25N. The van der Waals surface area contributed by atoms with Gasteiger partial charge in [0.15, 0.2) is 0 Å².